The maximum Gasteiger partial charge on any atom is 0.182 e. The Kier molecular flexibility index (Phi) is 4.35. The molecule has 0 aromatic heterocycles. The highest BCUT2D eigenvalue weighted by atomic mass is 35.5. The lowest BCUT2D eigenvalue weighted by molar-refractivity contribution is 0.181. The summed E-state index contributed by atoms with van der Waals surface area (Å²) in [6, 6.07) is 1.32. The van der Waals surface area contributed by atoms with Crippen LogP contribution >= 0.6 is 11.6 Å². The fraction of sp³-hybridized carbons (Fsp3) is 0.400. The van der Waals surface area contributed by atoms with E-state index in [1.54, 1.807) is 0 Å². The first-order valence-corrected chi connectivity index (χ1v) is 4.92. The van der Waals surface area contributed by atoms with Gasteiger partial charge in [-0.15, -0.1) is 0 Å². The fourth-order valence-corrected chi connectivity index (χ4v) is 1.60. The summed E-state index contributed by atoms with van der Waals surface area (Å²) in [5.74, 6) is -0.414. The van der Waals surface area contributed by atoms with Gasteiger partial charge in [0.2, 0.25) is 0 Å². The smallest absolute Gasteiger partial charge is 0.182 e. The Labute approximate surface area is 97.7 Å². The minimum absolute atomic E-state index is 0.00912. The third-order valence-corrected chi connectivity index (χ3v) is 2.50. The molecule has 0 fully saturated rings. The van der Waals surface area contributed by atoms with E-state index in [0.717, 1.165) is 0 Å². The molecule has 1 unspecified atom stereocenters. The largest absolute Gasteiger partial charge is 0.493 e. The number of rotatable bonds is 4. The van der Waals surface area contributed by atoms with E-state index in [-0.39, 0.29) is 28.6 Å². The molecule has 16 heavy (non-hydrogen) atoms. The molecule has 1 rings (SSSR count). The van der Waals surface area contributed by atoms with Crippen LogP contribution in [0, 0.1) is 5.82 Å². The Morgan fingerprint density at radius 3 is 2.56 bits per heavy atom. The number of benzene rings is 1. The molecule has 0 amide bonds. The molecular formula is C10H13ClFNO3. The monoisotopic (exact) mass is 249 g/mol. The first-order chi connectivity index (χ1) is 7.56. The van der Waals surface area contributed by atoms with Crippen LogP contribution in [-0.2, 0) is 0 Å². The molecule has 0 aliphatic carbocycles. The Morgan fingerprint density at radius 2 is 2.12 bits per heavy atom. The molecule has 0 saturated heterocycles. The van der Waals surface area contributed by atoms with Gasteiger partial charge in [-0.25, -0.2) is 4.39 Å². The fourth-order valence-electron chi connectivity index (χ4n) is 1.32. The summed E-state index contributed by atoms with van der Waals surface area (Å²) in [5, 5.41) is 9.27. The van der Waals surface area contributed by atoms with Crippen LogP contribution in [0.1, 0.15) is 11.7 Å². The van der Waals surface area contributed by atoms with Gasteiger partial charge in [0.15, 0.2) is 17.3 Å². The van der Waals surface area contributed by atoms with Crippen molar-refractivity contribution in [3.05, 3.63) is 22.5 Å². The van der Waals surface area contributed by atoms with Crippen molar-refractivity contribution in [2.75, 3.05) is 20.8 Å². The predicted molar refractivity (Wildman–Crippen MR) is 58.5 cm³/mol. The summed E-state index contributed by atoms with van der Waals surface area (Å²) in [5.41, 5.74) is 5.24. The maximum atomic E-state index is 13.7. The van der Waals surface area contributed by atoms with E-state index in [9.17, 15) is 9.50 Å². The zero-order valence-electron chi connectivity index (χ0n) is 8.96. The zero-order valence-corrected chi connectivity index (χ0v) is 9.71. The number of halogens is 2. The third kappa shape index (κ3) is 2.21. The zero-order chi connectivity index (χ0) is 12.3. The minimum Gasteiger partial charge on any atom is -0.493 e. The van der Waals surface area contributed by atoms with Gasteiger partial charge in [-0.05, 0) is 6.07 Å². The van der Waals surface area contributed by atoms with Gasteiger partial charge in [0.25, 0.3) is 0 Å². The normalized spacial score (nSPS) is 12.4. The lowest BCUT2D eigenvalue weighted by Gasteiger charge is -2.15. The van der Waals surface area contributed by atoms with Gasteiger partial charge in [0.05, 0.1) is 20.3 Å². The highest BCUT2D eigenvalue weighted by molar-refractivity contribution is 6.32. The Morgan fingerprint density at radius 1 is 1.50 bits per heavy atom. The first-order valence-electron chi connectivity index (χ1n) is 4.54. The molecule has 0 saturated carbocycles. The van der Waals surface area contributed by atoms with Crippen molar-refractivity contribution in [2.24, 2.45) is 5.73 Å². The summed E-state index contributed by atoms with van der Waals surface area (Å²) in [6.45, 7) is -0.108. The molecule has 1 aromatic rings. The van der Waals surface area contributed by atoms with Crippen LogP contribution in [0.3, 0.4) is 0 Å². The van der Waals surface area contributed by atoms with Crippen molar-refractivity contribution in [1.82, 2.24) is 0 Å². The molecule has 0 spiro atoms. The van der Waals surface area contributed by atoms with Crippen molar-refractivity contribution in [1.29, 1.82) is 0 Å². The van der Waals surface area contributed by atoms with Crippen molar-refractivity contribution in [3.63, 3.8) is 0 Å². The topological polar surface area (TPSA) is 64.7 Å². The van der Waals surface area contributed by atoms with Crippen LogP contribution in [-0.4, -0.2) is 25.9 Å². The Hall–Kier alpha value is -1.04. The quantitative estimate of drug-likeness (QED) is 0.849. The number of nitrogens with two attached hydrogens (primary N) is 1. The molecular weight excluding hydrogens is 237 g/mol. The molecule has 1 atom stereocenters. The van der Waals surface area contributed by atoms with E-state index in [0.29, 0.717) is 0 Å². The summed E-state index contributed by atoms with van der Waals surface area (Å²) < 4.78 is 23.6. The van der Waals surface area contributed by atoms with Crippen LogP contribution in [0.4, 0.5) is 4.39 Å². The SMILES string of the molecule is COc1cc(C(O)CN)c(F)c(Cl)c1OC. The molecule has 0 aliphatic rings. The van der Waals surface area contributed by atoms with Gasteiger partial charge in [-0.2, -0.15) is 0 Å². The van der Waals surface area contributed by atoms with Crippen molar-refractivity contribution in [3.8, 4) is 11.5 Å². The van der Waals surface area contributed by atoms with Crippen LogP contribution in [0.25, 0.3) is 0 Å². The van der Waals surface area contributed by atoms with E-state index in [4.69, 9.17) is 26.8 Å². The van der Waals surface area contributed by atoms with Crippen LogP contribution in [0.15, 0.2) is 6.07 Å². The number of hydrogen-bond acceptors (Lipinski definition) is 4. The predicted octanol–water partition coefficient (Wildman–Crippen LogP) is 1.49. The van der Waals surface area contributed by atoms with Crippen LogP contribution in [0.2, 0.25) is 5.02 Å². The number of hydrogen-bond donors (Lipinski definition) is 2. The van der Waals surface area contributed by atoms with Crippen LogP contribution < -0.4 is 15.2 Å². The minimum atomic E-state index is -1.13. The van der Waals surface area contributed by atoms with Gasteiger partial charge in [-0.1, -0.05) is 11.6 Å². The Balaban J connectivity index is 3.38. The third-order valence-electron chi connectivity index (χ3n) is 2.16. The summed E-state index contributed by atoms with van der Waals surface area (Å²) >= 11 is 5.75. The number of ether oxygens (including phenoxy) is 2. The number of aliphatic hydroxyl groups is 1. The van der Waals surface area contributed by atoms with Crippen molar-refractivity contribution >= 4 is 11.6 Å². The maximum absolute atomic E-state index is 13.7. The Bertz CT molecular complexity index is 387. The highest BCUT2D eigenvalue weighted by Gasteiger charge is 2.21. The number of methoxy groups -OCH3 is 2. The van der Waals surface area contributed by atoms with Crippen molar-refractivity contribution in [2.45, 2.75) is 6.10 Å². The molecule has 0 aliphatic heterocycles. The van der Waals surface area contributed by atoms with Gasteiger partial charge >= 0.3 is 0 Å². The molecule has 0 heterocycles. The first kappa shape index (κ1) is 13.0. The van der Waals surface area contributed by atoms with Crippen LogP contribution in [0.5, 0.6) is 11.5 Å². The second-order valence-corrected chi connectivity index (χ2v) is 3.46. The molecule has 0 radical (unpaired) electrons. The van der Waals surface area contributed by atoms with E-state index in [1.165, 1.54) is 20.3 Å². The van der Waals surface area contributed by atoms with Gasteiger partial charge in [0, 0.05) is 12.1 Å². The van der Waals surface area contributed by atoms with E-state index in [1.807, 2.05) is 0 Å². The van der Waals surface area contributed by atoms with Gasteiger partial charge in [0.1, 0.15) is 5.02 Å². The average molecular weight is 250 g/mol. The molecule has 3 N–H and O–H groups in total. The molecule has 90 valence electrons. The van der Waals surface area contributed by atoms with Crippen molar-refractivity contribution < 1.29 is 19.0 Å². The summed E-state index contributed by atoms with van der Waals surface area (Å²) in [7, 11) is 2.74. The highest BCUT2D eigenvalue weighted by Crippen LogP contribution is 2.40. The lowest BCUT2D eigenvalue weighted by Crippen LogP contribution is -2.13. The number of aliphatic hydroxyl groups excluding tert-OH is 1. The molecule has 4 nitrogen and oxygen atoms in total. The standard InChI is InChI=1S/C10H13ClFNO3/c1-15-7-3-5(6(14)4-13)9(12)8(11)10(7)16-2/h3,6,14H,4,13H2,1-2H3. The van der Waals surface area contributed by atoms with Gasteiger partial charge in [-0.3, -0.25) is 0 Å². The second kappa shape index (κ2) is 5.34. The summed E-state index contributed by atoms with van der Waals surface area (Å²) in [4.78, 5) is 0. The van der Waals surface area contributed by atoms with E-state index in [2.05, 4.69) is 0 Å². The van der Waals surface area contributed by atoms with E-state index >= 15 is 0 Å². The van der Waals surface area contributed by atoms with Gasteiger partial charge < -0.3 is 20.3 Å². The second-order valence-electron chi connectivity index (χ2n) is 3.08. The molecule has 6 heteroatoms. The van der Waals surface area contributed by atoms with E-state index < -0.39 is 11.9 Å². The lowest BCUT2D eigenvalue weighted by atomic mass is 10.1. The summed E-state index contributed by atoms with van der Waals surface area (Å²) in [6.07, 6.45) is -1.13. The molecule has 0 bridgehead atoms. The molecule has 1 aromatic carbocycles. The average Bonchev–Trinajstić information content (AvgIpc) is 2.31.